The number of azide groups is 1. The van der Waals surface area contributed by atoms with E-state index in [9.17, 15) is 0 Å². The molecule has 1 aliphatic rings. The Labute approximate surface area is 271 Å². The number of ether oxygens (including phenoxy) is 5. The highest BCUT2D eigenvalue weighted by Crippen LogP contribution is 2.33. The van der Waals surface area contributed by atoms with Crippen LogP contribution in [0, 0.1) is 0 Å². The van der Waals surface area contributed by atoms with Crippen molar-refractivity contribution in [2.24, 2.45) is 5.11 Å². The van der Waals surface area contributed by atoms with Crippen molar-refractivity contribution in [2.75, 3.05) is 13.2 Å². The van der Waals surface area contributed by atoms with Crippen molar-refractivity contribution in [3.63, 3.8) is 0 Å². The summed E-state index contributed by atoms with van der Waals surface area (Å²) in [5, 5.41) is 3.72. The fourth-order valence-corrected chi connectivity index (χ4v) is 5.69. The number of nitrogens with zero attached hydrogens (tertiary/aromatic N) is 3. The zero-order valence-electron chi connectivity index (χ0n) is 26.2. The van der Waals surface area contributed by atoms with E-state index in [1.165, 1.54) is 0 Å². The molecule has 8 nitrogen and oxygen atoms in total. The maximum absolute atomic E-state index is 8.75. The first-order chi connectivity index (χ1) is 22.8. The summed E-state index contributed by atoms with van der Waals surface area (Å²) in [6.07, 6.45) is 0.306. The maximum Gasteiger partial charge on any atom is 0.115 e. The Hall–Kier alpha value is -4.01. The van der Waals surface area contributed by atoms with Crippen LogP contribution in [0.3, 0.4) is 0 Å². The lowest BCUT2D eigenvalue weighted by atomic mass is 9.91. The topological polar surface area (TPSA) is 94.9 Å². The fourth-order valence-electron chi connectivity index (χ4n) is 5.69. The van der Waals surface area contributed by atoms with Gasteiger partial charge in [0.05, 0.1) is 39.1 Å². The third-order valence-electron chi connectivity index (χ3n) is 8.04. The van der Waals surface area contributed by atoms with E-state index in [2.05, 4.69) is 58.6 Å². The molecule has 0 saturated carbocycles. The third-order valence-corrected chi connectivity index (χ3v) is 8.04. The second kappa shape index (κ2) is 18.8. The van der Waals surface area contributed by atoms with Crippen LogP contribution in [0.2, 0.25) is 0 Å². The van der Waals surface area contributed by atoms with Crippen LogP contribution in [0.15, 0.2) is 126 Å². The van der Waals surface area contributed by atoms with Gasteiger partial charge < -0.3 is 23.7 Å². The quantitative estimate of drug-likeness (QED) is 0.0483. The molecule has 5 atom stereocenters. The SMILES string of the molecule is [N-]=[N+]=NCCCC[C@H]1O[C@H](COCc2ccccc2)[C@@H](OCc2ccccc2)[C@H](OCc2ccccc2)[C@H]1OCc1ccccc1. The molecule has 1 saturated heterocycles. The van der Waals surface area contributed by atoms with E-state index in [0.717, 1.165) is 35.1 Å². The lowest BCUT2D eigenvalue weighted by Gasteiger charge is -2.46. The van der Waals surface area contributed by atoms with Crippen molar-refractivity contribution in [2.45, 2.75) is 76.2 Å². The lowest BCUT2D eigenvalue weighted by molar-refractivity contribution is -0.273. The van der Waals surface area contributed by atoms with Crippen molar-refractivity contribution in [3.8, 4) is 0 Å². The van der Waals surface area contributed by atoms with E-state index in [-0.39, 0.29) is 6.10 Å². The van der Waals surface area contributed by atoms with Crippen molar-refractivity contribution in [3.05, 3.63) is 154 Å². The summed E-state index contributed by atoms with van der Waals surface area (Å²) in [7, 11) is 0. The Kier molecular flexibility index (Phi) is 13.7. The number of benzene rings is 4. The molecule has 0 aromatic heterocycles. The highest BCUT2D eigenvalue weighted by atomic mass is 16.6. The van der Waals surface area contributed by atoms with E-state index >= 15 is 0 Å². The summed E-state index contributed by atoms with van der Waals surface area (Å²) in [5.41, 5.74) is 13.1. The minimum Gasteiger partial charge on any atom is -0.374 e. The molecule has 0 aliphatic carbocycles. The number of rotatable bonds is 18. The summed E-state index contributed by atoms with van der Waals surface area (Å²) < 4.78 is 33.3. The van der Waals surface area contributed by atoms with Gasteiger partial charge in [0.2, 0.25) is 0 Å². The minimum absolute atomic E-state index is 0.280. The molecular weight excluding hydrogens is 578 g/mol. The normalized spacial score (nSPS) is 21.0. The Morgan fingerprint density at radius 2 is 0.978 bits per heavy atom. The summed E-state index contributed by atoms with van der Waals surface area (Å²) in [5.74, 6) is 0. The molecule has 0 amide bonds. The molecule has 8 heteroatoms. The van der Waals surface area contributed by atoms with E-state index in [4.69, 9.17) is 29.2 Å². The molecule has 0 spiro atoms. The van der Waals surface area contributed by atoms with Crippen molar-refractivity contribution >= 4 is 0 Å². The van der Waals surface area contributed by atoms with Gasteiger partial charge in [-0.3, -0.25) is 0 Å². The Bertz CT molecular complexity index is 1440. The van der Waals surface area contributed by atoms with Crippen molar-refractivity contribution in [1.82, 2.24) is 0 Å². The van der Waals surface area contributed by atoms with Crippen LogP contribution in [0.25, 0.3) is 10.4 Å². The monoisotopic (exact) mass is 621 g/mol. The zero-order chi connectivity index (χ0) is 31.7. The van der Waals surface area contributed by atoms with Gasteiger partial charge in [-0.1, -0.05) is 133 Å². The summed E-state index contributed by atoms with van der Waals surface area (Å²) in [6, 6.07) is 40.6. The van der Waals surface area contributed by atoms with Crippen LogP contribution < -0.4 is 0 Å². The Morgan fingerprint density at radius 1 is 0.543 bits per heavy atom. The molecule has 0 radical (unpaired) electrons. The van der Waals surface area contributed by atoms with Gasteiger partial charge in [-0.2, -0.15) is 0 Å². The predicted octanol–water partition coefficient (Wildman–Crippen LogP) is 8.21. The van der Waals surface area contributed by atoms with E-state index in [0.29, 0.717) is 46.0 Å². The number of unbranched alkanes of at least 4 members (excludes halogenated alkanes) is 1. The summed E-state index contributed by atoms with van der Waals surface area (Å²) in [4.78, 5) is 2.91. The molecule has 5 rings (SSSR count). The average molecular weight is 622 g/mol. The number of hydrogen-bond acceptors (Lipinski definition) is 6. The van der Waals surface area contributed by atoms with Crippen LogP contribution in [-0.2, 0) is 50.1 Å². The molecule has 1 fully saturated rings. The Morgan fingerprint density at radius 3 is 1.46 bits per heavy atom. The van der Waals surface area contributed by atoms with Gasteiger partial charge in [-0.05, 0) is 40.6 Å². The highest BCUT2D eigenvalue weighted by molar-refractivity contribution is 5.16. The van der Waals surface area contributed by atoms with Crippen molar-refractivity contribution < 1.29 is 23.7 Å². The van der Waals surface area contributed by atoms with E-state index in [1.54, 1.807) is 0 Å². The second-order valence-corrected chi connectivity index (χ2v) is 11.4. The minimum atomic E-state index is -0.458. The fraction of sp³-hybridized carbons (Fsp3) is 0.368. The van der Waals surface area contributed by atoms with E-state index in [1.807, 2.05) is 72.8 Å². The van der Waals surface area contributed by atoms with Crippen LogP contribution in [0.5, 0.6) is 0 Å². The summed E-state index contributed by atoms with van der Waals surface area (Å²) in [6.45, 7) is 2.46. The second-order valence-electron chi connectivity index (χ2n) is 11.4. The smallest absolute Gasteiger partial charge is 0.115 e. The van der Waals surface area contributed by atoms with Crippen LogP contribution >= 0.6 is 0 Å². The van der Waals surface area contributed by atoms with Gasteiger partial charge in [0.25, 0.3) is 0 Å². The Balaban J connectivity index is 1.41. The molecule has 1 heterocycles. The van der Waals surface area contributed by atoms with Gasteiger partial charge in [0, 0.05) is 11.5 Å². The first kappa shape index (κ1) is 33.4. The summed E-state index contributed by atoms with van der Waals surface area (Å²) >= 11 is 0. The lowest BCUT2D eigenvalue weighted by Crippen LogP contribution is -2.61. The van der Waals surface area contributed by atoms with Gasteiger partial charge >= 0.3 is 0 Å². The molecule has 0 bridgehead atoms. The molecule has 4 aromatic rings. The molecule has 240 valence electrons. The number of hydrogen-bond donors (Lipinski definition) is 0. The molecular formula is C38H43N3O5. The predicted molar refractivity (Wildman–Crippen MR) is 178 cm³/mol. The van der Waals surface area contributed by atoms with Crippen LogP contribution in [0.4, 0.5) is 0 Å². The maximum atomic E-state index is 8.75. The molecule has 46 heavy (non-hydrogen) atoms. The largest absolute Gasteiger partial charge is 0.374 e. The van der Waals surface area contributed by atoms with Gasteiger partial charge in [0.1, 0.15) is 24.4 Å². The average Bonchev–Trinajstić information content (AvgIpc) is 3.11. The highest BCUT2D eigenvalue weighted by Gasteiger charge is 2.48. The van der Waals surface area contributed by atoms with Gasteiger partial charge in [0.15, 0.2) is 0 Å². The molecule has 1 aliphatic heterocycles. The first-order valence-electron chi connectivity index (χ1n) is 16.0. The first-order valence-corrected chi connectivity index (χ1v) is 16.0. The van der Waals surface area contributed by atoms with Crippen LogP contribution in [-0.4, -0.2) is 43.7 Å². The molecule has 0 N–H and O–H groups in total. The zero-order valence-corrected chi connectivity index (χ0v) is 26.2. The molecule has 4 aromatic carbocycles. The van der Waals surface area contributed by atoms with Crippen LogP contribution in [0.1, 0.15) is 41.5 Å². The van der Waals surface area contributed by atoms with Gasteiger partial charge in [-0.15, -0.1) is 0 Å². The van der Waals surface area contributed by atoms with Gasteiger partial charge in [-0.25, -0.2) is 0 Å². The standard InChI is InChI=1S/C38H43N3O5/c39-41-40-24-14-13-23-34-36(43-26-31-17-7-2-8-18-31)38(45-28-33-21-11-4-12-22-33)37(44-27-32-19-9-3-10-20-32)35(46-34)29-42-25-30-15-5-1-6-16-30/h1-12,15-22,34-38H,13-14,23-29H2/t34-,35-,36+,37-,38-/m1/s1. The van der Waals surface area contributed by atoms with Crippen molar-refractivity contribution in [1.29, 1.82) is 0 Å². The van der Waals surface area contributed by atoms with E-state index < -0.39 is 24.4 Å². The third kappa shape index (κ3) is 10.5. The molecule has 0 unspecified atom stereocenters.